The number of thiophene rings is 1. The van der Waals surface area contributed by atoms with Gasteiger partial charge in [0.05, 0.1) is 16.5 Å². The van der Waals surface area contributed by atoms with Gasteiger partial charge in [-0.25, -0.2) is 4.79 Å². The van der Waals surface area contributed by atoms with Gasteiger partial charge in [-0.15, -0.1) is 11.3 Å². The monoisotopic (exact) mass is 345 g/mol. The average Bonchev–Trinajstić information content (AvgIpc) is 3.16. The minimum atomic E-state index is -0.375. The van der Waals surface area contributed by atoms with Gasteiger partial charge in [0.25, 0.3) is 5.91 Å². The number of carbonyl (C=O) groups excluding carboxylic acids is 2. The second-order valence-corrected chi connectivity index (χ2v) is 6.54. The molecule has 1 aliphatic heterocycles. The Balaban J connectivity index is 1.51. The number of carbonyl (C=O) groups is 2. The van der Waals surface area contributed by atoms with Crippen LogP contribution in [0.25, 0.3) is 0 Å². The van der Waals surface area contributed by atoms with Gasteiger partial charge in [-0.3, -0.25) is 4.79 Å². The molecule has 2 heterocycles. The number of esters is 1. The van der Waals surface area contributed by atoms with Gasteiger partial charge in [0.2, 0.25) is 0 Å². The molecule has 126 valence electrons. The van der Waals surface area contributed by atoms with Crippen molar-refractivity contribution >= 4 is 28.9 Å². The summed E-state index contributed by atoms with van der Waals surface area (Å²) in [6.07, 6.45) is 3.12. The van der Waals surface area contributed by atoms with Gasteiger partial charge in [-0.1, -0.05) is 6.07 Å². The fourth-order valence-electron chi connectivity index (χ4n) is 2.48. The van der Waals surface area contributed by atoms with Crippen molar-refractivity contribution in [1.29, 1.82) is 0 Å². The predicted octanol–water partition coefficient (Wildman–Crippen LogP) is 3.73. The molecule has 1 aromatic heterocycles. The Kier molecular flexibility index (Phi) is 5.61. The summed E-state index contributed by atoms with van der Waals surface area (Å²) in [6.45, 7) is 1.02. The maximum absolute atomic E-state index is 12.0. The van der Waals surface area contributed by atoms with Crippen LogP contribution in [0, 0.1) is 0 Å². The summed E-state index contributed by atoms with van der Waals surface area (Å²) in [5.74, 6) is -0.532. The molecule has 0 aliphatic carbocycles. The quantitative estimate of drug-likeness (QED) is 0.839. The van der Waals surface area contributed by atoms with E-state index in [2.05, 4.69) is 5.32 Å². The maximum Gasteiger partial charge on any atom is 0.338 e. The van der Waals surface area contributed by atoms with E-state index >= 15 is 0 Å². The van der Waals surface area contributed by atoms with Crippen LogP contribution in [0.2, 0.25) is 0 Å². The Morgan fingerprint density at radius 3 is 2.71 bits per heavy atom. The van der Waals surface area contributed by atoms with Crippen LogP contribution >= 0.6 is 11.3 Å². The molecule has 1 saturated heterocycles. The van der Waals surface area contributed by atoms with Crippen molar-refractivity contribution in [2.45, 2.75) is 25.4 Å². The van der Waals surface area contributed by atoms with Crippen LogP contribution in [0.3, 0.4) is 0 Å². The molecule has 1 unspecified atom stereocenters. The lowest BCUT2D eigenvalue weighted by molar-refractivity contribution is -0.0300. The zero-order chi connectivity index (χ0) is 16.8. The molecule has 2 aromatic rings. The van der Waals surface area contributed by atoms with Crippen LogP contribution in [0.5, 0.6) is 0 Å². The molecule has 0 spiro atoms. The molecule has 5 nitrogen and oxygen atoms in total. The van der Waals surface area contributed by atoms with Crippen molar-refractivity contribution in [2.75, 3.05) is 18.5 Å². The summed E-state index contributed by atoms with van der Waals surface area (Å²) in [4.78, 5) is 24.7. The third kappa shape index (κ3) is 4.43. The minimum absolute atomic E-state index is 0.00653. The highest BCUT2D eigenvalue weighted by atomic mass is 32.1. The fourth-order valence-corrected chi connectivity index (χ4v) is 3.10. The van der Waals surface area contributed by atoms with E-state index in [1.54, 1.807) is 30.3 Å². The zero-order valence-corrected chi connectivity index (χ0v) is 14.0. The van der Waals surface area contributed by atoms with Gasteiger partial charge in [-0.2, -0.15) is 0 Å². The number of hydrogen-bond donors (Lipinski definition) is 1. The van der Waals surface area contributed by atoms with E-state index < -0.39 is 0 Å². The molecule has 1 fully saturated rings. The number of nitrogens with one attached hydrogen (secondary N) is 1. The van der Waals surface area contributed by atoms with Crippen molar-refractivity contribution in [1.82, 2.24) is 0 Å². The Hall–Kier alpha value is -2.18. The molecule has 0 bridgehead atoms. The van der Waals surface area contributed by atoms with E-state index in [4.69, 9.17) is 9.47 Å². The van der Waals surface area contributed by atoms with E-state index in [1.807, 2.05) is 11.4 Å². The highest BCUT2D eigenvalue weighted by Gasteiger charge is 2.17. The van der Waals surface area contributed by atoms with Gasteiger partial charge in [0.15, 0.2) is 0 Å². The predicted molar refractivity (Wildman–Crippen MR) is 92.6 cm³/mol. The molecule has 0 saturated carbocycles. The smallest absolute Gasteiger partial charge is 0.338 e. The lowest BCUT2D eigenvalue weighted by Gasteiger charge is -2.22. The molecule has 1 amide bonds. The molecule has 1 aliphatic rings. The van der Waals surface area contributed by atoms with Crippen molar-refractivity contribution in [2.24, 2.45) is 0 Å². The zero-order valence-electron chi connectivity index (χ0n) is 13.2. The molecule has 6 heteroatoms. The molecule has 1 atom stereocenters. The topological polar surface area (TPSA) is 64.6 Å². The first kappa shape index (κ1) is 16.7. The summed E-state index contributed by atoms with van der Waals surface area (Å²) in [7, 11) is 0. The van der Waals surface area contributed by atoms with Crippen LogP contribution in [0.4, 0.5) is 5.69 Å². The minimum Gasteiger partial charge on any atom is -0.459 e. The van der Waals surface area contributed by atoms with E-state index in [9.17, 15) is 9.59 Å². The van der Waals surface area contributed by atoms with Gasteiger partial charge in [-0.05, 0) is 55.0 Å². The molecular weight excluding hydrogens is 326 g/mol. The van der Waals surface area contributed by atoms with Crippen LogP contribution in [-0.4, -0.2) is 31.2 Å². The first-order valence-corrected chi connectivity index (χ1v) is 8.84. The third-order valence-electron chi connectivity index (χ3n) is 3.80. The van der Waals surface area contributed by atoms with E-state index in [-0.39, 0.29) is 24.6 Å². The normalized spacial score (nSPS) is 17.2. The molecule has 3 rings (SSSR count). The number of rotatable bonds is 5. The largest absolute Gasteiger partial charge is 0.459 e. The lowest BCUT2D eigenvalue weighted by Crippen LogP contribution is -2.25. The van der Waals surface area contributed by atoms with E-state index in [1.165, 1.54) is 11.3 Å². The molecule has 1 N–H and O–H groups in total. The van der Waals surface area contributed by atoms with Crippen LogP contribution in [0.15, 0.2) is 41.8 Å². The van der Waals surface area contributed by atoms with Gasteiger partial charge >= 0.3 is 5.97 Å². The molecule has 1 aromatic carbocycles. The number of benzene rings is 1. The first-order valence-electron chi connectivity index (χ1n) is 7.96. The van der Waals surface area contributed by atoms with Crippen LogP contribution < -0.4 is 5.32 Å². The summed E-state index contributed by atoms with van der Waals surface area (Å²) in [5.41, 5.74) is 1.10. The Morgan fingerprint density at radius 2 is 2.04 bits per heavy atom. The number of hydrogen-bond acceptors (Lipinski definition) is 5. The standard InChI is InChI=1S/C18H19NO4S/c20-17(16-5-3-11-24-16)19-14-8-6-13(7-9-14)18(21)23-12-15-4-1-2-10-22-15/h3,5-9,11,15H,1-2,4,10,12H2,(H,19,20). The van der Waals surface area contributed by atoms with E-state index in [0.717, 1.165) is 25.9 Å². The maximum atomic E-state index is 12.0. The van der Waals surface area contributed by atoms with Gasteiger partial charge in [0, 0.05) is 12.3 Å². The summed E-state index contributed by atoms with van der Waals surface area (Å²) in [6, 6.07) is 10.3. The van der Waals surface area contributed by atoms with Crippen molar-refractivity contribution in [3.63, 3.8) is 0 Å². The average molecular weight is 345 g/mol. The molecular formula is C18H19NO4S. The molecule has 0 radical (unpaired) electrons. The second-order valence-electron chi connectivity index (χ2n) is 5.60. The van der Waals surface area contributed by atoms with Crippen molar-refractivity contribution < 1.29 is 19.1 Å². The number of anilines is 1. The fraction of sp³-hybridized carbons (Fsp3) is 0.333. The van der Waals surface area contributed by atoms with Crippen LogP contribution in [0.1, 0.15) is 39.3 Å². The van der Waals surface area contributed by atoms with Crippen LogP contribution in [-0.2, 0) is 9.47 Å². The van der Waals surface area contributed by atoms with Crippen molar-refractivity contribution in [3.8, 4) is 0 Å². The number of ether oxygens (including phenoxy) is 2. The van der Waals surface area contributed by atoms with E-state index in [0.29, 0.717) is 16.1 Å². The highest BCUT2D eigenvalue weighted by molar-refractivity contribution is 7.12. The Labute approximate surface area is 144 Å². The number of amides is 1. The first-order chi connectivity index (χ1) is 11.7. The lowest BCUT2D eigenvalue weighted by atomic mass is 10.1. The second kappa shape index (κ2) is 8.08. The summed E-state index contributed by atoms with van der Waals surface area (Å²) >= 11 is 1.38. The van der Waals surface area contributed by atoms with Gasteiger partial charge in [0.1, 0.15) is 6.61 Å². The highest BCUT2D eigenvalue weighted by Crippen LogP contribution is 2.16. The summed E-state index contributed by atoms with van der Waals surface area (Å²) < 4.78 is 10.8. The Bertz CT molecular complexity index is 676. The summed E-state index contributed by atoms with van der Waals surface area (Å²) in [5, 5.41) is 4.64. The SMILES string of the molecule is O=C(OCC1CCCCO1)c1ccc(NC(=O)c2cccs2)cc1. The third-order valence-corrected chi connectivity index (χ3v) is 4.67. The van der Waals surface area contributed by atoms with Gasteiger partial charge < -0.3 is 14.8 Å². The Morgan fingerprint density at radius 1 is 1.21 bits per heavy atom. The molecule has 24 heavy (non-hydrogen) atoms. The van der Waals surface area contributed by atoms with Crippen molar-refractivity contribution in [3.05, 3.63) is 52.2 Å².